The number of hydrogen-bond donors (Lipinski definition) is 2. The van der Waals surface area contributed by atoms with Gasteiger partial charge in [-0.3, -0.25) is 4.79 Å². The maximum absolute atomic E-state index is 11.8. The molecular formula is C18H30O3. The Morgan fingerprint density at radius 3 is 2.48 bits per heavy atom. The van der Waals surface area contributed by atoms with E-state index in [0.29, 0.717) is 23.7 Å². The van der Waals surface area contributed by atoms with E-state index in [1.807, 2.05) is 6.92 Å². The molecular weight excluding hydrogens is 264 g/mol. The summed E-state index contributed by atoms with van der Waals surface area (Å²) in [5.41, 5.74) is -0.517. The van der Waals surface area contributed by atoms with Crippen LogP contribution in [-0.2, 0) is 4.79 Å². The van der Waals surface area contributed by atoms with Crippen LogP contribution in [0.25, 0.3) is 0 Å². The van der Waals surface area contributed by atoms with Crippen LogP contribution in [-0.4, -0.2) is 22.3 Å². The van der Waals surface area contributed by atoms with Gasteiger partial charge in [-0.05, 0) is 81.5 Å². The quantitative estimate of drug-likeness (QED) is 0.816. The highest BCUT2D eigenvalue weighted by Crippen LogP contribution is 2.58. The molecule has 3 aliphatic carbocycles. The Morgan fingerprint density at radius 1 is 1.10 bits per heavy atom. The van der Waals surface area contributed by atoms with E-state index in [2.05, 4.69) is 6.92 Å². The van der Waals surface area contributed by atoms with E-state index in [9.17, 15) is 15.0 Å². The van der Waals surface area contributed by atoms with Crippen molar-refractivity contribution in [3.63, 3.8) is 0 Å². The highest BCUT2D eigenvalue weighted by molar-refractivity contribution is 5.74. The first kappa shape index (κ1) is 15.3. The smallest absolute Gasteiger partial charge is 0.309 e. The number of hydrogen-bond acceptors (Lipinski definition) is 2. The summed E-state index contributed by atoms with van der Waals surface area (Å²) in [6.45, 7) is 4.15. The fraction of sp³-hybridized carbons (Fsp3) is 0.944. The molecule has 0 amide bonds. The normalized spacial score (nSPS) is 50.0. The van der Waals surface area contributed by atoms with Gasteiger partial charge in [0.05, 0.1) is 11.5 Å². The molecule has 2 N–H and O–H groups in total. The van der Waals surface area contributed by atoms with Crippen molar-refractivity contribution in [1.29, 1.82) is 0 Å². The molecule has 120 valence electrons. The lowest BCUT2D eigenvalue weighted by atomic mass is 9.49. The second-order valence-electron chi connectivity index (χ2n) is 8.07. The first-order valence-electron chi connectivity index (χ1n) is 8.88. The van der Waals surface area contributed by atoms with Crippen LogP contribution in [0.15, 0.2) is 0 Å². The Bertz CT molecular complexity index is 407. The summed E-state index contributed by atoms with van der Waals surface area (Å²) >= 11 is 0. The van der Waals surface area contributed by atoms with Crippen LogP contribution in [0, 0.1) is 35.0 Å². The van der Waals surface area contributed by atoms with E-state index in [4.69, 9.17) is 0 Å². The van der Waals surface area contributed by atoms with Crippen LogP contribution in [0.2, 0.25) is 0 Å². The zero-order valence-corrected chi connectivity index (χ0v) is 13.4. The summed E-state index contributed by atoms with van der Waals surface area (Å²) in [5, 5.41) is 19.6. The van der Waals surface area contributed by atoms with E-state index in [1.165, 1.54) is 12.8 Å². The third-order valence-corrected chi connectivity index (χ3v) is 7.24. The molecule has 3 saturated carbocycles. The Kier molecular flexibility index (Phi) is 4.06. The number of aliphatic hydroxyl groups excluding tert-OH is 1. The number of carbonyl (C=O) groups is 1. The minimum Gasteiger partial charge on any atom is -0.481 e. The van der Waals surface area contributed by atoms with Gasteiger partial charge in [-0.1, -0.05) is 13.3 Å². The van der Waals surface area contributed by atoms with Crippen molar-refractivity contribution in [2.75, 3.05) is 0 Å². The zero-order chi connectivity index (χ0) is 15.2. The molecule has 0 saturated heterocycles. The summed E-state index contributed by atoms with van der Waals surface area (Å²) in [6, 6.07) is 0. The summed E-state index contributed by atoms with van der Waals surface area (Å²) in [6.07, 6.45) is 8.32. The van der Waals surface area contributed by atoms with Gasteiger partial charge in [0.2, 0.25) is 0 Å². The fourth-order valence-electron chi connectivity index (χ4n) is 6.17. The molecule has 7 atom stereocenters. The van der Waals surface area contributed by atoms with Gasteiger partial charge in [0.1, 0.15) is 0 Å². The number of rotatable bonds is 2. The zero-order valence-electron chi connectivity index (χ0n) is 13.4. The number of carboxylic acids is 1. The first-order chi connectivity index (χ1) is 9.97. The van der Waals surface area contributed by atoms with Gasteiger partial charge >= 0.3 is 5.97 Å². The van der Waals surface area contributed by atoms with Crippen molar-refractivity contribution in [3.8, 4) is 0 Å². The standard InChI is InChI=1S/C18H30O3/c1-3-16-15-6-4-11-10-12(19)5-7-13(11)14(15)8-9-18(16,2)17(20)21/h11-16,19H,3-10H2,1-2H3,(H,20,21)/t11?,12?,13?,14?,15?,16-,18+/m1/s1. The van der Waals surface area contributed by atoms with Crippen LogP contribution in [0.1, 0.15) is 65.2 Å². The second-order valence-corrected chi connectivity index (χ2v) is 8.07. The maximum atomic E-state index is 11.8. The lowest BCUT2D eigenvalue weighted by Gasteiger charge is -2.55. The average molecular weight is 294 g/mol. The minimum atomic E-state index is -0.589. The Balaban J connectivity index is 1.82. The fourth-order valence-corrected chi connectivity index (χ4v) is 6.17. The van der Waals surface area contributed by atoms with Crippen molar-refractivity contribution in [3.05, 3.63) is 0 Å². The van der Waals surface area contributed by atoms with Gasteiger partial charge in [0.15, 0.2) is 0 Å². The maximum Gasteiger partial charge on any atom is 0.309 e. The molecule has 3 fully saturated rings. The molecule has 3 heteroatoms. The Labute approximate surface area is 128 Å². The van der Waals surface area contributed by atoms with E-state index in [-0.39, 0.29) is 6.10 Å². The SMILES string of the molecule is CC[C@@H]1C2CCC3CC(O)CCC3C2CC[C@]1(C)C(=O)O. The van der Waals surface area contributed by atoms with Crippen LogP contribution in [0.5, 0.6) is 0 Å². The van der Waals surface area contributed by atoms with Crippen molar-refractivity contribution in [2.45, 2.75) is 71.3 Å². The van der Waals surface area contributed by atoms with E-state index < -0.39 is 11.4 Å². The Morgan fingerprint density at radius 2 is 1.81 bits per heavy atom. The predicted octanol–water partition coefficient (Wildman–Crippen LogP) is 3.70. The molecule has 0 aliphatic heterocycles. The van der Waals surface area contributed by atoms with Crippen molar-refractivity contribution >= 4 is 5.97 Å². The molecule has 5 unspecified atom stereocenters. The summed E-state index contributed by atoms with van der Waals surface area (Å²) < 4.78 is 0. The van der Waals surface area contributed by atoms with Crippen molar-refractivity contribution in [1.82, 2.24) is 0 Å². The van der Waals surface area contributed by atoms with E-state index in [0.717, 1.165) is 44.4 Å². The molecule has 3 aliphatic rings. The van der Waals surface area contributed by atoms with Gasteiger partial charge < -0.3 is 10.2 Å². The number of aliphatic carboxylic acids is 1. The van der Waals surface area contributed by atoms with Crippen molar-refractivity contribution in [2.24, 2.45) is 35.0 Å². The largest absolute Gasteiger partial charge is 0.481 e. The molecule has 0 aromatic carbocycles. The van der Waals surface area contributed by atoms with Gasteiger partial charge in [-0.2, -0.15) is 0 Å². The van der Waals surface area contributed by atoms with Gasteiger partial charge in [0.25, 0.3) is 0 Å². The molecule has 0 radical (unpaired) electrons. The van der Waals surface area contributed by atoms with Crippen LogP contribution in [0.3, 0.4) is 0 Å². The third kappa shape index (κ3) is 2.42. The molecule has 21 heavy (non-hydrogen) atoms. The molecule has 0 bridgehead atoms. The topological polar surface area (TPSA) is 57.5 Å². The van der Waals surface area contributed by atoms with Gasteiger partial charge in [0, 0.05) is 0 Å². The van der Waals surface area contributed by atoms with E-state index in [1.54, 1.807) is 0 Å². The third-order valence-electron chi connectivity index (χ3n) is 7.24. The number of carboxylic acid groups (broad SMARTS) is 1. The molecule has 3 nitrogen and oxygen atoms in total. The Hall–Kier alpha value is -0.570. The number of aliphatic hydroxyl groups is 1. The van der Waals surface area contributed by atoms with Crippen LogP contribution >= 0.6 is 0 Å². The average Bonchev–Trinajstić information content (AvgIpc) is 2.46. The highest BCUT2D eigenvalue weighted by atomic mass is 16.4. The molecule has 0 aromatic heterocycles. The minimum absolute atomic E-state index is 0.0855. The van der Waals surface area contributed by atoms with Gasteiger partial charge in [-0.15, -0.1) is 0 Å². The second kappa shape index (κ2) is 5.57. The summed E-state index contributed by atoms with van der Waals surface area (Å²) in [7, 11) is 0. The lowest BCUT2D eigenvalue weighted by molar-refractivity contribution is -0.162. The number of fused-ring (bicyclic) bond motifs is 3. The lowest BCUT2D eigenvalue weighted by Crippen LogP contribution is -2.51. The molecule has 0 aromatic rings. The van der Waals surface area contributed by atoms with Crippen LogP contribution in [0.4, 0.5) is 0 Å². The van der Waals surface area contributed by atoms with Crippen LogP contribution < -0.4 is 0 Å². The summed E-state index contributed by atoms with van der Waals surface area (Å²) in [4.78, 5) is 11.8. The molecule has 0 heterocycles. The molecule has 3 rings (SSSR count). The first-order valence-corrected chi connectivity index (χ1v) is 8.88. The van der Waals surface area contributed by atoms with Gasteiger partial charge in [-0.25, -0.2) is 0 Å². The highest BCUT2D eigenvalue weighted by Gasteiger charge is 2.54. The summed E-state index contributed by atoms with van der Waals surface area (Å²) in [5.74, 6) is 2.51. The monoisotopic (exact) mass is 294 g/mol. The predicted molar refractivity (Wildman–Crippen MR) is 81.8 cm³/mol. The molecule has 0 spiro atoms. The van der Waals surface area contributed by atoms with Crippen molar-refractivity contribution < 1.29 is 15.0 Å². The van der Waals surface area contributed by atoms with E-state index >= 15 is 0 Å².